The number of aliphatic hydroxyl groups is 1. The van der Waals surface area contributed by atoms with Crippen molar-refractivity contribution in [3.63, 3.8) is 0 Å². The van der Waals surface area contributed by atoms with E-state index in [0.29, 0.717) is 23.1 Å². The van der Waals surface area contributed by atoms with Gasteiger partial charge in [-0.3, -0.25) is 0 Å². The van der Waals surface area contributed by atoms with Crippen LogP contribution < -0.4 is 20.1 Å². The molecular formula is C14H22N2O3. The van der Waals surface area contributed by atoms with E-state index < -0.39 is 0 Å². The summed E-state index contributed by atoms with van der Waals surface area (Å²) in [5.41, 5.74) is 7.65. The number of hydrogen-bond donors (Lipinski definition) is 2. The van der Waals surface area contributed by atoms with E-state index in [2.05, 4.69) is 11.8 Å². The molecule has 0 aromatic heterocycles. The number of anilines is 2. The molecule has 1 aliphatic rings. The summed E-state index contributed by atoms with van der Waals surface area (Å²) in [6.07, 6.45) is 1.05. The fourth-order valence-electron chi connectivity index (χ4n) is 2.72. The molecule has 19 heavy (non-hydrogen) atoms. The smallest absolute Gasteiger partial charge is 0.162 e. The first kappa shape index (κ1) is 13.8. The van der Waals surface area contributed by atoms with Gasteiger partial charge in [0.15, 0.2) is 11.5 Å². The Morgan fingerprint density at radius 1 is 1.32 bits per heavy atom. The van der Waals surface area contributed by atoms with Crippen LogP contribution in [0.4, 0.5) is 11.4 Å². The molecule has 1 fully saturated rings. The van der Waals surface area contributed by atoms with Gasteiger partial charge >= 0.3 is 0 Å². The zero-order valence-electron chi connectivity index (χ0n) is 11.7. The van der Waals surface area contributed by atoms with Crippen molar-refractivity contribution in [3.8, 4) is 11.5 Å². The fraction of sp³-hybridized carbons (Fsp3) is 0.571. The standard InChI is InChI=1S/C14H22N2O3/c1-9-4-5-16(12(9)8-17)11-7-14(19-3)13(18-2)6-10(11)15/h6-7,9,12,17H,4-5,8,15H2,1-3H3. The molecule has 3 N–H and O–H groups in total. The van der Waals surface area contributed by atoms with Crippen LogP contribution in [0.3, 0.4) is 0 Å². The van der Waals surface area contributed by atoms with Gasteiger partial charge in [-0.05, 0) is 12.3 Å². The van der Waals surface area contributed by atoms with E-state index in [9.17, 15) is 5.11 Å². The largest absolute Gasteiger partial charge is 0.493 e. The van der Waals surface area contributed by atoms with Crippen molar-refractivity contribution in [1.29, 1.82) is 0 Å². The van der Waals surface area contributed by atoms with Gasteiger partial charge in [0.05, 0.1) is 38.2 Å². The molecular weight excluding hydrogens is 244 g/mol. The first-order valence-electron chi connectivity index (χ1n) is 6.51. The number of nitrogens with zero attached hydrogens (tertiary/aromatic N) is 1. The van der Waals surface area contributed by atoms with Crippen molar-refractivity contribution in [2.75, 3.05) is 38.0 Å². The summed E-state index contributed by atoms with van der Waals surface area (Å²) in [5, 5.41) is 9.55. The zero-order valence-corrected chi connectivity index (χ0v) is 11.7. The highest BCUT2D eigenvalue weighted by atomic mass is 16.5. The molecule has 0 radical (unpaired) electrons. The average Bonchev–Trinajstić information content (AvgIpc) is 2.79. The second kappa shape index (κ2) is 5.57. The molecule has 1 aromatic carbocycles. The van der Waals surface area contributed by atoms with Crippen LogP contribution in [-0.2, 0) is 0 Å². The number of methoxy groups -OCH3 is 2. The predicted octanol–water partition coefficient (Wildman–Crippen LogP) is 1.49. The Bertz CT molecular complexity index is 451. The van der Waals surface area contributed by atoms with Gasteiger partial charge in [-0.15, -0.1) is 0 Å². The lowest BCUT2D eigenvalue weighted by Crippen LogP contribution is -2.35. The summed E-state index contributed by atoms with van der Waals surface area (Å²) < 4.78 is 10.6. The first-order chi connectivity index (χ1) is 9.12. The number of ether oxygens (including phenoxy) is 2. The third kappa shape index (κ3) is 2.42. The van der Waals surface area contributed by atoms with Crippen LogP contribution in [0, 0.1) is 5.92 Å². The van der Waals surface area contributed by atoms with E-state index in [1.54, 1.807) is 20.3 Å². The molecule has 1 aromatic rings. The van der Waals surface area contributed by atoms with Crippen molar-refractivity contribution >= 4 is 11.4 Å². The summed E-state index contributed by atoms with van der Waals surface area (Å²) in [7, 11) is 3.19. The maximum Gasteiger partial charge on any atom is 0.162 e. The Morgan fingerprint density at radius 3 is 2.53 bits per heavy atom. The molecule has 5 nitrogen and oxygen atoms in total. The molecule has 1 saturated heterocycles. The zero-order chi connectivity index (χ0) is 14.0. The Balaban J connectivity index is 2.39. The Kier molecular flexibility index (Phi) is 4.04. The molecule has 0 spiro atoms. The number of aliphatic hydroxyl groups excluding tert-OH is 1. The third-order valence-corrected chi connectivity index (χ3v) is 3.91. The second-order valence-electron chi connectivity index (χ2n) is 4.98. The van der Waals surface area contributed by atoms with Crippen molar-refractivity contribution in [2.45, 2.75) is 19.4 Å². The van der Waals surface area contributed by atoms with Crippen molar-refractivity contribution in [1.82, 2.24) is 0 Å². The van der Waals surface area contributed by atoms with Gasteiger partial charge in [-0.1, -0.05) is 6.92 Å². The molecule has 2 atom stereocenters. The lowest BCUT2D eigenvalue weighted by atomic mass is 10.0. The number of hydrogen-bond acceptors (Lipinski definition) is 5. The molecule has 0 bridgehead atoms. The number of benzene rings is 1. The molecule has 5 heteroatoms. The van der Waals surface area contributed by atoms with Crippen molar-refractivity contribution < 1.29 is 14.6 Å². The maximum absolute atomic E-state index is 9.55. The Hall–Kier alpha value is -1.62. The van der Waals surface area contributed by atoms with Crippen LogP contribution in [0.5, 0.6) is 11.5 Å². The minimum absolute atomic E-state index is 0.111. The summed E-state index contributed by atoms with van der Waals surface area (Å²) >= 11 is 0. The summed E-state index contributed by atoms with van der Waals surface area (Å²) in [6.45, 7) is 3.18. The van der Waals surface area contributed by atoms with Crippen molar-refractivity contribution in [2.24, 2.45) is 5.92 Å². The molecule has 2 rings (SSSR count). The first-order valence-corrected chi connectivity index (χ1v) is 6.51. The fourth-order valence-corrected chi connectivity index (χ4v) is 2.72. The molecule has 106 valence electrons. The van der Waals surface area contributed by atoms with Gasteiger partial charge < -0.3 is 25.2 Å². The normalized spacial score (nSPS) is 22.6. The summed E-state index contributed by atoms with van der Waals surface area (Å²) in [6, 6.07) is 3.76. The number of nitrogens with two attached hydrogens (primary N) is 1. The van der Waals surface area contributed by atoms with Gasteiger partial charge in [-0.2, -0.15) is 0 Å². The van der Waals surface area contributed by atoms with Gasteiger partial charge in [0, 0.05) is 18.7 Å². The molecule has 1 aliphatic heterocycles. The van der Waals surface area contributed by atoms with Crippen LogP contribution in [0.2, 0.25) is 0 Å². The van der Waals surface area contributed by atoms with Gasteiger partial charge in [0.1, 0.15) is 0 Å². The lowest BCUT2D eigenvalue weighted by Gasteiger charge is -2.29. The minimum Gasteiger partial charge on any atom is -0.493 e. The predicted molar refractivity (Wildman–Crippen MR) is 76.0 cm³/mol. The average molecular weight is 266 g/mol. The van der Waals surface area contributed by atoms with E-state index in [1.807, 2.05) is 6.07 Å². The monoisotopic (exact) mass is 266 g/mol. The van der Waals surface area contributed by atoms with Gasteiger partial charge in [0.25, 0.3) is 0 Å². The number of rotatable bonds is 4. The highest BCUT2D eigenvalue weighted by molar-refractivity contribution is 5.74. The molecule has 2 unspecified atom stereocenters. The SMILES string of the molecule is COc1cc(N)c(N2CCC(C)C2CO)cc1OC. The van der Waals surface area contributed by atoms with Crippen LogP contribution in [0.15, 0.2) is 12.1 Å². The Morgan fingerprint density at radius 2 is 1.95 bits per heavy atom. The molecule has 1 heterocycles. The Labute approximate surface area is 113 Å². The maximum atomic E-state index is 9.55. The summed E-state index contributed by atoms with van der Waals surface area (Å²) in [5.74, 6) is 1.73. The van der Waals surface area contributed by atoms with E-state index in [0.717, 1.165) is 18.7 Å². The van der Waals surface area contributed by atoms with E-state index in [1.165, 1.54) is 0 Å². The highest BCUT2D eigenvalue weighted by Crippen LogP contribution is 2.40. The van der Waals surface area contributed by atoms with Crippen LogP contribution in [-0.4, -0.2) is 38.5 Å². The van der Waals surface area contributed by atoms with E-state index in [-0.39, 0.29) is 12.6 Å². The topological polar surface area (TPSA) is 68.0 Å². The second-order valence-corrected chi connectivity index (χ2v) is 4.98. The van der Waals surface area contributed by atoms with Crippen molar-refractivity contribution in [3.05, 3.63) is 12.1 Å². The van der Waals surface area contributed by atoms with Crippen LogP contribution in [0.25, 0.3) is 0 Å². The number of nitrogen functional groups attached to an aromatic ring is 1. The minimum atomic E-state index is 0.111. The van der Waals surface area contributed by atoms with Crippen LogP contribution >= 0.6 is 0 Å². The molecule has 0 aliphatic carbocycles. The van der Waals surface area contributed by atoms with Crippen LogP contribution in [0.1, 0.15) is 13.3 Å². The summed E-state index contributed by atoms with van der Waals surface area (Å²) in [4.78, 5) is 2.15. The van der Waals surface area contributed by atoms with E-state index >= 15 is 0 Å². The molecule has 0 saturated carbocycles. The highest BCUT2D eigenvalue weighted by Gasteiger charge is 2.32. The molecule has 0 amide bonds. The lowest BCUT2D eigenvalue weighted by molar-refractivity contribution is 0.244. The van der Waals surface area contributed by atoms with E-state index in [4.69, 9.17) is 15.2 Å². The van der Waals surface area contributed by atoms with Gasteiger partial charge in [-0.25, -0.2) is 0 Å². The van der Waals surface area contributed by atoms with Gasteiger partial charge in [0.2, 0.25) is 0 Å². The quantitative estimate of drug-likeness (QED) is 0.808. The third-order valence-electron chi connectivity index (χ3n) is 3.91.